The number of nitrogens with one attached hydrogen (secondary N) is 1. The van der Waals surface area contributed by atoms with E-state index in [9.17, 15) is 0 Å². The molecule has 2 atom stereocenters. The second-order valence-electron chi connectivity index (χ2n) is 5.23. The van der Waals surface area contributed by atoms with Crippen LogP contribution in [-0.2, 0) is 0 Å². The molecule has 1 aliphatic rings. The Labute approximate surface area is 82.3 Å². The van der Waals surface area contributed by atoms with Crippen LogP contribution in [0.1, 0.15) is 40.0 Å². The average Bonchev–Trinajstić information content (AvgIpc) is 2.02. The van der Waals surface area contributed by atoms with E-state index in [1.54, 1.807) is 0 Å². The SMILES string of the molecule is CC1CC(C)(C)CCC1NCCN. The highest BCUT2D eigenvalue weighted by molar-refractivity contribution is 4.86. The van der Waals surface area contributed by atoms with Gasteiger partial charge in [0.15, 0.2) is 0 Å². The second kappa shape index (κ2) is 4.43. The number of hydrogen-bond acceptors (Lipinski definition) is 2. The summed E-state index contributed by atoms with van der Waals surface area (Å²) in [6.07, 6.45) is 4.00. The standard InChI is InChI=1S/C11H24N2/c1-9-8-11(2,3)5-4-10(9)13-7-6-12/h9-10,13H,4-8,12H2,1-3H3. The third-order valence-corrected chi connectivity index (χ3v) is 3.24. The Kier molecular flexibility index (Phi) is 3.74. The molecule has 0 bridgehead atoms. The molecule has 1 rings (SSSR count). The highest BCUT2D eigenvalue weighted by atomic mass is 14.9. The molecule has 0 amide bonds. The summed E-state index contributed by atoms with van der Waals surface area (Å²) in [7, 11) is 0. The zero-order valence-corrected chi connectivity index (χ0v) is 9.27. The maximum absolute atomic E-state index is 5.48. The Balaban J connectivity index is 2.35. The zero-order chi connectivity index (χ0) is 9.90. The van der Waals surface area contributed by atoms with Crippen LogP contribution >= 0.6 is 0 Å². The summed E-state index contributed by atoms with van der Waals surface area (Å²) in [4.78, 5) is 0. The predicted octanol–water partition coefficient (Wildman–Crippen LogP) is 1.75. The summed E-state index contributed by atoms with van der Waals surface area (Å²) < 4.78 is 0. The summed E-state index contributed by atoms with van der Waals surface area (Å²) >= 11 is 0. The van der Waals surface area contributed by atoms with E-state index in [2.05, 4.69) is 26.1 Å². The van der Waals surface area contributed by atoms with Crippen molar-refractivity contribution in [3.05, 3.63) is 0 Å². The minimum atomic E-state index is 0.556. The molecule has 2 unspecified atom stereocenters. The molecule has 0 aliphatic heterocycles. The lowest BCUT2D eigenvalue weighted by molar-refractivity contribution is 0.150. The lowest BCUT2D eigenvalue weighted by Crippen LogP contribution is -2.43. The molecule has 0 spiro atoms. The van der Waals surface area contributed by atoms with Crippen molar-refractivity contribution in [2.24, 2.45) is 17.1 Å². The van der Waals surface area contributed by atoms with E-state index in [0.29, 0.717) is 11.5 Å². The normalized spacial score (nSPS) is 33.2. The van der Waals surface area contributed by atoms with Crippen molar-refractivity contribution in [1.29, 1.82) is 0 Å². The van der Waals surface area contributed by atoms with E-state index in [1.807, 2.05) is 0 Å². The molecule has 0 saturated heterocycles. The van der Waals surface area contributed by atoms with Crippen LogP contribution in [-0.4, -0.2) is 19.1 Å². The van der Waals surface area contributed by atoms with Gasteiger partial charge in [0, 0.05) is 19.1 Å². The van der Waals surface area contributed by atoms with Gasteiger partial charge < -0.3 is 11.1 Å². The van der Waals surface area contributed by atoms with Crippen molar-refractivity contribution >= 4 is 0 Å². The maximum atomic E-state index is 5.48. The van der Waals surface area contributed by atoms with Gasteiger partial charge in [-0.1, -0.05) is 20.8 Å². The first-order valence-electron chi connectivity index (χ1n) is 5.48. The Morgan fingerprint density at radius 1 is 1.46 bits per heavy atom. The van der Waals surface area contributed by atoms with Crippen LogP contribution in [0.5, 0.6) is 0 Å². The Bertz CT molecular complexity index is 154. The zero-order valence-electron chi connectivity index (χ0n) is 9.27. The molecule has 2 nitrogen and oxygen atoms in total. The summed E-state index contributed by atoms with van der Waals surface area (Å²) in [6.45, 7) is 8.84. The fraction of sp³-hybridized carbons (Fsp3) is 1.00. The van der Waals surface area contributed by atoms with Crippen molar-refractivity contribution in [3.8, 4) is 0 Å². The van der Waals surface area contributed by atoms with Crippen LogP contribution in [0.4, 0.5) is 0 Å². The van der Waals surface area contributed by atoms with Crippen molar-refractivity contribution in [3.63, 3.8) is 0 Å². The number of rotatable bonds is 3. The molecule has 13 heavy (non-hydrogen) atoms. The van der Waals surface area contributed by atoms with E-state index in [-0.39, 0.29) is 0 Å². The van der Waals surface area contributed by atoms with Gasteiger partial charge in [-0.25, -0.2) is 0 Å². The largest absolute Gasteiger partial charge is 0.329 e. The molecule has 3 N–H and O–H groups in total. The van der Waals surface area contributed by atoms with Crippen molar-refractivity contribution in [2.75, 3.05) is 13.1 Å². The first kappa shape index (κ1) is 11.0. The minimum absolute atomic E-state index is 0.556. The molecule has 1 aliphatic carbocycles. The molecular weight excluding hydrogens is 160 g/mol. The van der Waals surface area contributed by atoms with Gasteiger partial charge in [-0.15, -0.1) is 0 Å². The van der Waals surface area contributed by atoms with Gasteiger partial charge in [0.2, 0.25) is 0 Å². The van der Waals surface area contributed by atoms with Gasteiger partial charge in [0.25, 0.3) is 0 Å². The molecule has 2 heteroatoms. The monoisotopic (exact) mass is 184 g/mol. The Morgan fingerprint density at radius 3 is 2.69 bits per heavy atom. The highest BCUT2D eigenvalue weighted by Gasteiger charge is 2.31. The Morgan fingerprint density at radius 2 is 2.15 bits per heavy atom. The maximum Gasteiger partial charge on any atom is 0.00936 e. The summed E-state index contributed by atoms with van der Waals surface area (Å²) in [5.41, 5.74) is 6.04. The lowest BCUT2D eigenvalue weighted by Gasteiger charge is -2.39. The molecular formula is C11H24N2. The molecule has 78 valence electrons. The summed E-state index contributed by atoms with van der Waals surface area (Å²) in [6, 6.07) is 0.705. The number of nitrogens with two attached hydrogens (primary N) is 1. The highest BCUT2D eigenvalue weighted by Crippen LogP contribution is 2.38. The van der Waals surface area contributed by atoms with Gasteiger partial charge in [-0.2, -0.15) is 0 Å². The minimum Gasteiger partial charge on any atom is -0.329 e. The van der Waals surface area contributed by atoms with E-state index in [4.69, 9.17) is 5.73 Å². The smallest absolute Gasteiger partial charge is 0.00936 e. The van der Waals surface area contributed by atoms with E-state index in [0.717, 1.165) is 19.0 Å². The van der Waals surface area contributed by atoms with Gasteiger partial charge in [-0.3, -0.25) is 0 Å². The van der Waals surface area contributed by atoms with Crippen molar-refractivity contribution in [2.45, 2.75) is 46.1 Å². The molecule has 0 radical (unpaired) electrons. The fourth-order valence-electron chi connectivity index (χ4n) is 2.52. The second-order valence-corrected chi connectivity index (χ2v) is 5.23. The van der Waals surface area contributed by atoms with Gasteiger partial charge in [0.05, 0.1) is 0 Å². The molecule has 0 heterocycles. The first-order valence-corrected chi connectivity index (χ1v) is 5.48. The van der Waals surface area contributed by atoms with Crippen LogP contribution in [0.15, 0.2) is 0 Å². The third kappa shape index (κ3) is 3.28. The molecule has 0 aromatic carbocycles. The topological polar surface area (TPSA) is 38.0 Å². The summed E-state index contributed by atoms with van der Waals surface area (Å²) in [5, 5.41) is 3.53. The van der Waals surface area contributed by atoms with Gasteiger partial charge in [0.1, 0.15) is 0 Å². The Hall–Kier alpha value is -0.0800. The summed E-state index contributed by atoms with van der Waals surface area (Å²) in [5.74, 6) is 0.801. The van der Waals surface area contributed by atoms with Crippen LogP contribution in [0.25, 0.3) is 0 Å². The van der Waals surface area contributed by atoms with Crippen LogP contribution in [0, 0.1) is 11.3 Å². The van der Waals surface area contributed by atoms with Crippen LogP contribution < -0.4 is 11.1 Å². The quantitative estimate of drug-likeness (QED) is 0.701. The van der Waals surface area contributed by atoms with Crippen LogP contribution in [0.3, 0.4) is 0 Å². The lowest BCUT2D eigenvalue weighted by atomic mass is 9.70. The predicted molar refractivity (Wildman–Crippen MR) is 57.6 cm³/mol. The first-order chi connectivity index (χ1) is 6.05. The molecule has 1 saturated carbocycles. The van der Waals surface area contributed by atoms with Crippen LogP contribution in [0.2, 0.25) is 0 Å². The van der Waals surface area contributed by atoms with Crippen molar-refractivity contribution < 1.29 is 0 Å². The van der Waals surface area contributed by atoms with Gasteiger partial charge in [-0.05, 0) is 30.6 Å². The van der Waals surface area contributed by atoms with E-state index < -0.39 is 0 Å². The van der Waals surface area contributed by atoms with Crippen molar-refractivity contribution in [1.82, 2.24) is 5.32 Å². The van der Waals surface area contributed by atoms with E-state index >= 15 is 0 Å². The molecule has 0 aromatic rings. The molecule has 0 aromatic heterocycles. The fourth-order valence-corrected chi connectivity index (χ4v) is 2.52. The van der Waals surface area contributed by atoms with E-state index in [1.165, 1.54) is 19.3 Å². The number of hydrogen-bond donors (Lipinski definition) is 2. The third-order valence-electron chi connectivity index (χ3n) is 3.24. The average molecular weight is 184 g/mol. The van der Waals surface area contributed by atoms with Gasteiger partial charge >= 0.3 is 0 Å². The molecule has 1 fully saturated rings.